The van der Waals surface area contributed by atoms with E-state index in [9.17, 15) is 23.1 Å². The lowest BCUT2D eigenvalue weighted by Gasteiger charge is -2.30. The number of hydrogen-bond donors (Lipinski definition) is 4. The maximum Gasteiger partial charge on any atom is 0.416 e. The maximum atomic E-state index is 12.9. The molecule has 3 aromatic heterocycles. The first-order chi connectivity index (χ1) is 16.3. The molecule has 34 heavy (non-hydrogen) atoms. The summed E-state index contributed by atoms with van der Waals surface area (Å²) in [5, 5.41) is 19.0. The summed E-state index contributed by atoms with van der Waals surface area (Å²) in [5.41, 5.74) is 0.569. The van der Waals surface area contributed by atoms with Gasteiger partial charge in [0.15, 0.2) is 11.6 Å². The number of aliphatic hydroxyl groups excluding tert-OH is 1. The molecule has 0 saturated carbocycles. The van der Waals surface area contributed by atoms with Crippen molar-refractivity contribution in [3.63, 3.8) is 0 Å². The number of nitrogens with zero attached hydrogens (tertiary/aromatic N) is 4. The van der Waals surface area contributed by atoms with Gasteiger partial charge in [-0.1, -0.05) is 0 Å². The third-order valence-electron chi connectivity index (χ3n) is 5.68. The van der Waals surface area contributed by atoms with Crippen molar-refractivity contribution in [3.8, 4) is 11.5 Å². The predicted molar refractivity (Wildman–Crippen MR) is 118 cm³/mol. The molecule has 0 unspecified atom stereocenters. The summed E-state index contributed by atoms with van der Waals surface area (Å²) in [4.78, 5) is 26.1. The molecule has 0 spiro atoms. The van der Waals surface area contributed by atoms with Gasteiger partial charge in [-0.3, -0.25) is 9.89 Å². The van der Waals surface area contributed by atoms with Gasteiger partial charge in [-0.15, -0.1) is 0 Å². The van der Waals surface area contributed by atoms with Gasteiger partial charge in [-0.25, -0.2) is 9.97 Å². The second kappa shape index (κ2) is 8.45. The van der Waals surface area contributed by atoms with Crippen LogP contribution in [0.25, 0.3) is 22.6 Å². The Morgan fingerprint density at radius 2 is 1.94 bits per heavy atom. The van der Waals surface area contributed by atoms with E-state index in [0.29, 0.717) is 48.5 Å². The highest BCUT2D eigenvalue weighted by atomic mass is 19.4. The summed E-state index contributed by atoms with van der Waals surface area (Å²) in [6.45, 7) is 1.41. The highest BCUT2D eigenvalue weighted by Gasteiger charge is 2.30. The molecule has 1 amide bonds. The van der Waals surface area contributed by atoms with Crippen molar-refractivity contribution in [2.75, 3.05) is 23.3 Å². The zero-order chi connectivity index (χ0) is 23.9. The SMILES string of the molecule is O=C(Nc1cc(-c2nc3cc(C(F)(F)F)ccc3[nH]2)[nH]n1)c1ccc(N2CCC(O)CC2)nc1. The topological polar surface area (TPSA) is 123 Å². The molecule has 176 valence electrons. The van der Waals surface area contributed by atoms with Crippen LogP contribution in [-0.4, -0.2) is 55.4 Å². The van der Waals surface area contributed by atoms with Gasteiger partial charge in [0, 0.05) is 25.4 Å². The smallest absolute Gasteiger partial charge is 0.393 e. The maximum absolute atomic E-state index is 12.9. The lowest BCUT2D eigenvalue weighted by Crippen LogP contribution is -2.36. The van der Waals surface area contributed by atoms with E-state index in [0.717, 1.165) is 18.0 Å². The van der Waals surface area contributed by atoms with Crippen LogP contribution in [0.3, 0.4) is 0 Å². The van der Waals surface area contributed by atoms with Crippen molar-refractivity contribution < 1.29 is 23.1 Å². The van der Waals surface area contributed by atoms with Crippen LogP contribution in [0.2, 0.25) is 0 Å². The van der Waals surface area contributed by atoms with Crippen molar-refractivity contribution in [1.29, 1.82) is 0 Å². The third kappa shape index (κ3) is 4.44. The summed E-state index contributed by atoms with van der Waals surface area (Å²) < 4.78 is 38.8. The van der Waals surface area contributed by atoms with Crippen LogP contribution in [-0.2, 0) is 6.18 Å². The fourth-order valence-corrected chi connectivity index (χ4v) is 3.81. The Labute approximate surface area is 191 Å². The largest absolute Gasteiger partial charge is 0.416 e. The quantitative estimate of drug-likeness (QED) is 0.361. The van der Waals surface area contributed by atoms with Crippen LogP contribution in [0.4, 0.5) is 24.8 Å². The molecule has 1 aromatic carbocycles. The molecule has 4 aromatic rings. The molecule has 1 aliphatic rings. The van der Waals surface area contributed by atoms with Gasteiger partial charge in [0.05, 0.1) is 28.3 Å². The highest BCUT2D eigenvalue weighted by Crippen LogP contribution is 2.31. The van der Waals surface area contributed by atoms with E-state index in [1.54, 1.807) is 12.1 Å². The number of halogens is 3. The second-order valence-corrected chi connectivity index (χ2v) is 8.06. The van der Waals surface area contributed by atoms with Gasteiger partial charge in [0.25, 0.3) is 5.91 Å². The van der Waals surface area contributed by atoms with Crippen molar-refractivity contribution in [2.24, 2.45) is 0 Å². The summed E-state index contributed by atoms with van der Waals surface area (Å²) in [5.74, 6) is 0.847. The average Bonchev–Trinajstić information content (AvgIpc) is 3.45. The van der Waals surface area contributed by atoms with E-state index in [4.69, 9.17) is 0 Å². The molecule has 4 N–H and O–H groups in total. The van der Waals surface area contributed by atoms with Crippen LogP contribution < -0.4 is 10.2 Å². The molecular weight excluding hydrogens is 451 g/mol. The standard InChI is InChI=1S/C22H20F3N7O2/c23-22(24,25)13-2-3-15-16(9-13)28-20(27-15)17-10-18(31-30-17)29-21(34)12-1-4-19(26-11-12)32-7-5-14(33)6-8-32/h1-4,9-11,14,33H,5-8H2,(H,27,28)(H2,29,30,31,34). The summed E-state index contributed by atoms with van der Waals surface area (Å²) in [6, 6.07) is 8.21. The molecule has 12 heteroatoms. The van der Waals surface area contributed by atoms with E-state index >= 15 is 0 Å². The van der Waals surface area contributed by atoms with Crippen LogP contribution in [0.5, 0.6) is 0 Å². The minimum atomic E-state index is -4.46. The molecule has 4 heterocycles. The van der Waals surface area contributed by atoms with Crippen LogP contribution >= 0.6 is 0 Å². The number of benzene rings is 1. The number of aromatic nitrogens is 5. The van der Waals surface area contributed by atoms with Crippen molar-refractivity contribution in [1.82, 2.24) is 25.1 Å². The zero-order valence-electron chi connectivity index (χ0n) is 17.7. The number of piperidine rings is 1. The summed E-state index contributed by atoms with van der Waals surface area (Å²) in [7, 11) is 0. The highest BCUT2D eigenvalue weighted by molar-refractivity contribution is 6.03. The number of fused-ring (bicyclic) bond motifs is 1. The number of nitrogens with one attached hydrogen (secondary N) is 3. The number of amides is 1. The molecular formula is C22H20F3N7O2. The van der Waals surface area contributed by atoms with Crippen LogP contribution in [0.15, 0.2) is 42.6 Å². The number of pyridine rings is 1. The Hall–Kier alpha value is -3.93. The minimum absolute atomic E-state index is 0.166. The van der Waals surface area contributed by atoms with Crippen molar-refractivity contribution in [3.05, 3.63) is 53.7 Å². The fraction of sp³-hybridized carbons (Fsp3) is 0.273. The van der Waals surface area contributed by atoms with Crippen molar-refractivity contribution in [2.45, 2.75) is 25.1 Å². The number of alkyl halides is 3. The predicted octanol–water partition coefficient (Wildman–Crippen LogP) is 3.58. The molecule has 0 atom stereocenters. The minimum Gasteiger partial charge on any atom is -0.393 e. The fourth-order valence-electron chi connectivity index (χ4n) is 3.81. The molecule has 1 aliphatic heterocycles. The number of anilines is 2. The van der Waals surface area contributed by atoms with E-state index in [-0.39, 0.29) is 17.4 Å². The Kier molecular flexibility index (Phi) is 5.44. The summed E-state index contributed by atoms with van der Waals surface area (Å²) >= 11 is 0. The molecule has 9 nitrogen and oxygen atoms in total. The average molecular weight is 471 g/mol. The first kappa shape index (κ1) is 21.9. The van der Waals surface area contributed by atoms with E-state index < -0.39 is 17.6 Å². The van der Waals surface area contributed by atoms with Gasteiger partial charge < -0.3 is 20.3 Å². The molecule has 1 fully saturated rings. The summed E-state index contributed by atoms with van der Waals surface area (Å²) in [6.07, 6.45) is -1.90. The van der Waals surface area contributed by atoms with E-state index in [1.165, 1.54) is 18.3 Å². The second-order valence-electron chi connectivity index (χ2n) is 8.06. The number of aliphatic hydroxyl groups is 1. The Morgan fingerprint density at radius 1 is 1.15 bits per heavy atom. The molecule has 0 aliphatic carbocycles. The van der Waals surface area contributed by atoms with Crippen LogP contribution in [0.1, 0.15) is 28.8 Å². The van der Waals surface area contributed by atoms with E-state index in [1.807, 2.05) is 0 Å². The van der Waals surface area contributed by atoms with Gasteiger partial charge in [-0.05, 0) is 43.2 Å². The number of carbonyl (C=O) groups is 1. The lowest BCUT2D eigenvalue weighted by atomic mass is 10.1. The van der Waals surface area contributed by atoms with E-state index in [2.05, 4.69) is 35.4 Å². The number of hydrogen-bond acceptors (Lipinski definition) is 6. The third-order valence-corrected chi connectivity index (χ3v) is 5.68. The number of H-pyrrole nitrogens is 2. The molecule has 0 radical (unpaired) electrons. The van der Waals surface area contributed by atoms with Crippen molar-refractivity contribution >= 4 is 28.6 Å². The van der Waals surface area contributed by atoms with Gasteiger partial charge in [-0.2, -0.15) is 18.3 Å². The molecule has 1 saturated heterocycles. The number of rotatable bonds is 4. The number of aromatic amines is 2. The Balaban J connectivity index is 1.27. The van der Waals surface area contributed by atoms with Gasteiger partial charge in [0.2, 0.25) is 0 Å². The normalized spacial score (nSPS) is 15.1. The van der Waals surface area contributed by atoms with Crippen LogP contribution in [0, 0.1) is 0 Å². The zero-order valence-corrected chi connectivity index (χ0v) is 17.7. The lowest BCUT2D eigenvalue weighted by molar-refractivity contribution is -0.137. The molecule has 0 bridgehead atoms. The number of carbonyl (C=O) groups excluding carboxylic acids is 1. The monoisotopic (exact) mass is 471 g/mol. The first-order valence-corrected chi connectivity index (χ1v) is 10.6. The molecule has 5 rings (SSSR count). The Bertz CT molecular complexity index is 1320. The van der Waals surface area contributed by atoms with Gasteiger partial charge >= 0.3 is 6.18 Å². The number of imidazole rings is 1. The Morgan fingerprint density at radius 3 is 2.65 bits per heavy atom. The van der Waals surface area contributed by atoms with Gasteiger partial charge in [0.1, 0.15) is 11.5 Å². The first-order valence-electron chi connectivity index (χ1n) is 10.6.